The predicted molar refractivity (Wildman–Crippen MR) is 213 cm³/mol. The zero-order chi connectivity index (χ0) is 38.8. The molecule has 4 rings (SSSR count). The van der Waals surface area contributed by atoms with Crippen LogP contribution in [0.1, 0.15) is 87.5 Å². The van der Waals surface area contributed by atoms with Crippen molar-refractivity contribution in [3.05, 3.63) is 48.1 Å². The van der Waals surface area contributed by atoms with Crippen LogP contribution in [0, 0.1) is 34.5 Å². The van der Waals surface area contributed by atoms with E-state index in [0.29, 0.717) is 31.4 Å². The monoisotopic (exact) mass is 753 g/mol. The SMILES string of the molecule is CCC(Oc1cccc(N(C)C)c1)C(=O)O[C@H]1C[C@H](C(C)(C)C)C=C2C=C[C@H](C)[C@](CC[C@@H]3C[C@H](C(C)(C)C)C(O[Si](C)C)C(=O)O3)(O[Si](C)C)[C@H]21. The number of fused-ring (bicyclic) bond motifs is 1. The Morgan fingerprint density at radius 1 is 1.04 bits per heavy atom. The van der Waals surface area contributed by atoms with Crippen LogP contribution < -0.4 is 9.64 Å². The fourth-order valence-electron chi connectivity index (χ4n) is 8.28. The van der Waals surface area contributed by atoms with E-state index in [1.807, 2.05) is 50.2 Å². The Hall–Kier alpha value is -2.41. The van der Waals surface area contributed by atoms with Crippen LogP contribution in [0.3, 0.4) is 0 Å². The van der Waals surface area contributed by atoms with Gasteiger partial charge >= 0.3 is 11.9 Å². The van der Waals surface area contributed by atoms with E-state index in [9.17, 15) is 9.59 Å². The zero-order valence-electron chi connectivity index (χ0n) is 34.5. The Bertz CT molecular complexity index is 1440. The fraction of sp³-hybridized carbons (Fsp3) is 0.714. The molecule has 0 N–H and O–H groups in total. The minimum absolute atomic E-state index is 0.0320. The van der Waals surface area contributed by atoms with Gasteiger partial charge in [0, 0.05) is 43.6 Å². The number of nitrogens with zero attached hydrogens (tertiary/aromatic N) is 1. The van der Waals surface area contributed by atoms with E-state index in [1.54, 1.807) is 0 Å². The highest BCUT2D eigenvalue weighted by atomic mass is 28.3. The molecule has 9 atom stereocenters. The normalized spacial score (nSPS) is 30.0. The maximum Gasteiger partial charge on any atom is 0.347 e. The first-order chi connectivity index (χ1) is 24.2. The van der Waals surface area contributed by atoms with Crippen molar-refractivity contribution in [1.29, 1.82) is 0 Å². The number of benzene rings is 1. The molecule has 0 aromatic heterocycles. The summed E-state index contributed by atoms with van der Waals surface area (Å²) in [7, 11) is 1.66. The third-order valence-electron chi connectivity index (χ3n) is 11.2. The second kappa shape index (κ2) is 16.9. The lowest BCUT2D eigenvalue weighted by atomic mass is 9.59. The fourth-order valence-corrected chi connectivity index (χ4v) is 10.2. The number of esters is 2. The number of rotatable bonds is 13. The Morgan fingerprint density at radius 3 is 2.31 bits per heavy atom. The van der Waals surface area contributed by atoms with Gasteiger partial charge in [-0.05, 0) is 92.7 Å². The maximum absolute atomic E-state index is 14.2. The topological polar surface area (TPSA) is 83.5 Å². The molecular weight excluding hydrogens is 687 g/mol. The Balaban J connectivity index is 1.69. The van der Waals surface area contributed by atoms with Crippen LogP contribution in [-0.2, 0) is 27.9 Å². The third kappa shape index (κ3) is 10.0. The molecule has 2 unspecified atom stereocenters. The molecule has 1 fully saturated rings. The summed E-state index contributed by atoms with van der Waals surface area (Å²) in [5.74, 6) is 0.166. The highest BCUT2D eigenvalue weighted by Gasteiger charge is 2.55. The molecule has 10 heteroatoms. The Morgan fingerprint density at radius 2 is 1.73 bits per heavy atom. The summed E-state index contributed by atoms with van der Waals surface area (Å²) in [6, 6.07) is 7.79. The largest absolute Gasteiger partial charge is 0.479 e. The van der Waals surface area contributed by atoms with Crippen molar-refractivity contribution < 1.29 is 32.7 Å². The molecule has 1 aromatic rings. The van der Waals surface area contributed by atoms with Gasteiger partial charge in [0.25, 0.3) is 0 Å². The smallest absolute Gasteiger partial charge is 0.347 e. The lowest BCUT2D eigenvalue weighted by Gasteiger charge is -2.54. The van der Waals surface area contributed by atoms with Crippen LogP contribution >= 0.6 is 0 Å². The summed E-state index contributed by atoms with van der Waals surface area (Å²) in [4.78, 5) is 29.7. The van der Waals surface area contributed by atoms with Crippen molar-refractivity contribution in [2.75, 3.05) is 19.0 Å². The Labute approximate surface area is 318 Å². The van der Waals surface area contributed by atoms with E-state index >= 15 is 0 Å². The highest BCUT2D eigenvalue weighted by Crippen LogP contribution is 2.53. The predicted octanol–water partition coefficient (Wildman–Crippen LogP) is 9.04. The van der Waals surface area contributed by atoms with Crippen LogP contribution in [-0.4, -0.2) is 74.1 Å². The second-order valence-electron chi connectivity index (χ2n) is 18.1. The van der Waals surface area contributed by atoms with E-state index in [-0.39, 0.29) is 52.5 Å². The number of ether oxygens (including phenoxy) is 3. The quantitative estimate of drug-likeness (QED) is 0.146. The van der Waals surface area contributed by atoms with E-state index < -0.39 is 42.0 Å². The van der Waals surface area contributed by atoms with Crippen molar-refractivity contribution in [2.45, 2.75) is 144 Å². The minimum Gasteiger partial charge on any atom is -0.479 e. The summed E-state index contributed by atoms with van der Waals surface area (Å²) in [5.41, 5.74) is 1.37. The Kier molecular flexibility index (Phi) is 13.8. The second-order valence-corrected chi connectivity index (χ2v) is 22.2. The van der Waals surface area contributed by atoms with Crippen molar-refractivity contribution in [3.63, 3.8) is 0 Å². The molecule has 2 radical (unpaired) electrons. The van der Waals surface area contributed by atoms with Crippen molar-refractivity contribution in [3.8, 4) is 5.75 Å². The molecule has 2 aliphatic carbocycles. The first-order valence-electron chi connectivity index (χ1n) is 19.4. The molecule has 0 saturated carbocycles. The molecule has 290 valence electrons. The molecular formula is C42H67NO7Si2. The van der Waals surface area contributed by atoms with Gasteiger partial charge in [0.15, 0.2) is 6.10 Å². The van der Waals surface area contributed by atoms with Gasteiger partial charge in [0.1, 0.15) is 24.1 Å². The van der Waals surface area contributed by atoms with Gasteiger partial charge in [-0.1, -0.05) is 79.7 Å². The summed E-state index contributed by atoms with van der Waals surface area (Å²) >= 11 is 0. The lowest BCUT2D eigenvalue weighted by Crippen LogP contribution is -2.58. The number of anilines is 1. The van der Waals surface area contributed by atoms with Crippen molar-refractivity contribution >= 4 is 35.7 Å². The maximum atomic E-state index is 14.2. The van der Waals surface area contributed by atoms with Gasteiger partial charge in [-0.25, -0.2) is 9.59 Å². The van der Waals surface area contributed by atoms with Crippen LogP contribution in [0.5, 0.6) is 5.75 Å². The molecule has 1 saturated heterocycles. The standard InChI is InChI=1S/C42H67NO7Si2/c1-15-34(46-31-18-16-17-30(25-31)43(9)10)38(44)48-35-24-29(40(3,4)5)23-28-20-19-27(2)42(36(28)35,50-52(13)14)22-21-32-26-33(41(6,7)8)37(39(45)47-32)49-51(11)12/h16-20,23,25,27,29,32-37H,15,21-22,24,26H2,1-14H3/t27-,29+,32+,33-,34?,35-,36+,37?,42-/m0/s1. The van der Waals surface area contributed by atoms with Gasteiger partial charge in [-0.3, -0.25) is 0 Å². The first kappa shape index (κ1) is 42.3. The minimum atomic E-state index is -1.21. The molecule has 1 aliphatic heterocycles. The number of carbonyl (C=O) groups is 2. The molecule has 3 aliphatic rings. The van der Waals surface area contributed by atoms with Crippen molar-refractivity contribution in [1.82, 2.24) is 0 Å². The summed E-state index contributed by atoms with van der Waals surface area (Å²) < 4.78 is 32.6. The number of hydrogen-bond acceptors (Lipinski definition) is 8. The molecule has 8 nitrogen and oxygen atoms in total. The molecule has 0 spiro atoms. The summed E-state index contributed by atoms with van der Waals surface area (Å²) in [6.45, 7) is 26.0. The van der Waals surface area contributed by atoms with E-state index in [2.05, 4.69) is 92.9 Å². The van der Waals surface area contributed by atoms with Crippen LogP contribution in [0.4, 0.5) is 5.69 Å². The van der Waals surface area contributed by atoms with Gasteiger partial charge in [-0.2, -0.15) is 0 Å². The van der Waals surface area contributed by atoms with Crippen molar-refractivity contribution in [2.24, 2.45) is 34.5 Å². The average Bonchev–Trinajstić information content (AvgIpc) is 3.03. The van der Waals surface area contributed by atoms with Crippen LogP contribution in [0.15, 0.2) is 48.1 Å². The number of carbonyl (C=O) groups excluding carboxylic acids is 2. The van der Waals surface area contributed by atoms with Gasteiger partial charge in [0.05, 0.1) is 5.60 Å². The summed E-state index contributed by atoms with van der Waals surface area (Å²) in [5, 5.41) is 0. The van der Waals surface area contributed by atoms with Crippen LogP contribution in [0.25, 0.3) is 0 Å². The number of hydrogen-bond donors (Lipinski definition) is 0. The van der Waals surface area contributed by atoms with E-state index in [0.717, 1.165) is 12.1 Å². The average molecular weight is 754 g/mol. The zero-order valence-corrected chi connectivity index (χ0v) is 36.5. The van der Waals surface area contributed by atoms with Crippen LogP contribution in [0.2, 0.25) is 26.2 Å². The number of cyclic esters (lactones) is 1. The van der Waals surface area contributed by atoms with Gasteiger partial charge in [0.2, 0.25) is 18.1 Å². The van der Waals surface area contributed by atoms with E-state index in [4.69, 9.17) is 23.1 Å². The molecule has 1 heterocycles. The molecule has 52 heavy (non-hydrogen) atoms. The highest BCUT2D eigenvalue weighted by molar-refractivity contribution is 6.49. The lowest BCUT2D eigenvalue weighted by molar-refractivity contribution is -0.180. The third-order valence-corrected chi connectivity index (χ3v) is 12.7. The summed E-state index contributed by atoms with van der Waals surface area (Å²) in [6.07, 6.45) is 8.21. The number of allylic oxidation sites excluding steroid dienone is 2. The molecule has 0 amide bonds. The first-order valence-corrected chi connectivity index (χ1v) is 24.2. The van der Waals surface area contributed by atoms with Gasteiger partial charge < -0.3 is 28.0 Å². The molecule has 0 bridgehead atoms. The van der Waals surface area contributed by atoms with E-state index in [1.165, 1.54) is 5.57 Å². The van der Waals surface area contributed by atoms with Gasteiger partial charge in [-0.15, -0.1) is 0 Å². The molecule has 1 aromatic carbocycles.